The lowest BCUT2D eigenvalue weighted by atomic mass is 9.97. The fraction of sp³-hybridized carbons (Fsp3) is 0.571. The van der Waals surface area contributed by atoms with Crippen LogP contribution in [0.3, 0.4) is 0 Å². The van der Waals surface area contributed by atoms with Crippen LogP contribution in [0.5, 0.6) is 0 Å². The molecule has 1 atom stereocenters. The molecule has 1 unspecified atom stereocenters. The molecule has 0 radical (unpaired) electrons. The van der Waals surface area contributed by atoms with Crippen LogP contribution in [0, 0.1) is 0 Å². The molecule has 0 saturated carbocycles. The van der Waals surface area contributed by atoms with E-state index in [0.717, 1.165) is 32.5 Å². The molecule has 1 N–H and O–H groups in total. The lowest BCUT2D eigenvalue weighted by molar-refractivity contribution is -0.0510. The molecule has 88 valence electrons. The van der Waals surface area contributed by atoms with Gasteiger partial charge in [0.2, 0.25) is 0 Å². The highest BCUT2D eigenvalue weighted by molar-refractivity contribution is 5.13. The van der Waals surface area contributed by atoms with Crippen molar-refractivity contribution in [3.63, 3.8) is 0 Å². The molecule has 1 fully saturated rings. The van der Waals surface area contributed by atoms with Gasteiger partial charge in [-0.3, -0.25) is 0 Å². The Morgan fingerprint density at radius 2 is 2.00 bits per heavy atom. The predicted molar refractivity (Wildman–Crippen MR) is 66.4 cm³/mol. The van der Waals surface area contributed by atoms with Gasteiger partial charge in [0.1, 0.15) is 0 Å². The summed E-state index contributed by atoms with van der Waals surface area (Å²) in [5, 5.41) is 3.42. The van der Waals surface area contributed by atoms with Crippen LogP contribution in [0.2, 0.25) is 0 Å². The summed E-state index contributed by atoms with van der Waals surface area (Å²) in [6, 6.07) is 10.4. The Hall–Kier alpha value is -0.860. The Kier molecular flexibility index (Phi) is 3.97. The van der Waals surface area contributed by atoms with Gasteiger partial charge in [0.05, 0.1) is 12.2 Å². The lowest BCUT2D eigenvalue weighted by Gasteiger charge is -2.28. The van der Waals surface area contributed by atoms with Gasteiger partial charge in [0.15, 0.2) is 0 Å². The van der Waals surface area contributed by atoms with Crippen LogP contribution in [0.4, 0.5) is 0 Å². The van der Waals surface area contributed by atoms with Crippen molar-refractivity contribution in [3.8, 4) is 0 Å². The molecule has 1 aliphatic rings. The van der Waals surface area contributed by atoms with Crippen LogP contribution in [0.15, 0.2) is 30.3 Å². The van der Waals surface area contributed by atoms with E-state index in [4.69, 9.17) is 4.74 Å². The highest BCUT2D eigenvalue weighted by Crippen LogP contribution is 2.24. The first-order valence-electron chi connectivity index (χ1n) is 6.17. The lowest BCUT2D eigenvalue weighted by Crippen LogP contribution is -2.29. The third-order valence-corrected chi connectivity index (χ3v) is 3.32. The summed E-state index contributed by atoms with van der Waals surface area (Å²) in [6.45, 7) is 5.18. The first-order chi connectivity index (χ1) is 7.79. The van der Waals surface area contributed by atoms with Crippen molar-refractivity contribution in [2.45, 2.75) is 38.4 Å². The van der Waals surface area contributed by atoms with Gasteiger partial charge < -0.3 is 10.1 Å². The number of hydrogen-bond donors (Lipinski definition) is 1. The molecule has 0 spiro atoms. The average Bonchev–Trinajstić information content (AvgIpc) is 2.54. The molecule has 1 heterocycles. The van der Waals surface area contributed by atoms with Crippen LogP contribution in [-0.2, 0) is 11.3 Å². The van der Waals surface area contributed by atoms with Gasteiger partial charge in [-0.1, -0.05) is 30.3 Å². The molecule has 16 heavy (non-hydrogen) atoms. The van der Waals surface area contributed by atoms with E-state index in [1.165, 1.54) is 12.0 Å². The largest absolute Gasteiger partial charge is 0.371 e. The van der Waals surface area contributed by atoms with Crippen LogP contribution in [0.25, 0.3) is 0 Å². The molecule has 0 amide bonds. The maximum Gasteiger partial charge on any atom is 0.0724 e. The second kappa shape index (κ2) is 5.46. The topological polar surface area (TPSA) is 21.3 Å². The Bertz CT molecular complexity index is 302. The van der Waals surface area contributed by atoms with E-state index >= 15 is 0 Å². The van der Waals surface area contributed by atoms with Crippen molar-refractivity contribution in [1.82, 2.24) is 5.32 Å². The van der Waals surface area contributed by atoms with Gasteiger partial charge >= 0.3 is 0 Å². The Balaban J connectivity index is 1.88. The van der Waals surface area contributed by atoms with E-state index in [1.54, 1.807) is 0 Å². The summed E-state index contributed by atoms with van der Waals surface area (Å²) in [7, 11) is 0. The van der Waals surface area contributed by atoms with E-state index in [0.29, 0.717) is 0 Å². The fourth-order valence-corrected chi connectivity index (χ4v) is 2.17. The summed E-state index contributed by atoms with van der Waals surface area (Å²) >= 11 is 0. The van der Waals surface area contributed by atoms with E-state index in [-0.39, 0.29) is 5.60 Å². The predicted octanol–water partition coefficient (Wildman–Crippen LogP) is 2.74. The van der Waals surface area contributed by atoms with Crippen molar-refractivity contribution in [2.24, 2.45) is 0 Å². The second-order valence-corrected chi connectivity index (χ2v) is 4.83. The maximum absolute atomic E-state index is 6.10. The highest BCUT2D eigenvalue weighted by Gasteiger charge is 2.25. The van der Waals surface area contributed by atoms with Crippen molar-refractivity contribution < 1.29 is 4.74 Å². The van der Waals surface area contributed by atoms with Crippen LogP contribution < -0.4 is 5.32 Å². The number of benzene rings is 1. The first kappa shape index (κ1) is 11.6. The fourth-order valence-electron chi connectivity index (χ4n) is 2.17. The second-order valence-electron chi connectivity index (χ2n) is 4.83. The molecule has 1 aromatic rings. The van der Waals surface area contributed by atoms with Crippen LogP contribution in [-0.4, -0.2) is 18.7 Å². The molecular weight excluding hydrogens is 198 g/mol. The first-order valence-corrected chi connectivity index (χ1v) is 6.17. The number of rotatable bonds is 3. The summed E-state index contributed by atoms with van der Waals surface area (Å²) < 4.78 is 6.10. The molecule has 0 bridgehead atoms. The van der Waals surface area contributed by atoms with E-state index < -0.39 is 0 Å². The van der Waals surface area contributed by atoms with Crippen LogP contribution in [0.1, 0.15) is 31.7 Å². The minimum atomic E-state index is 0.0549. The number of hydrogen-bond acceptors (Lipinski definition) is 2. The van der Waals surface area contributed by atoms with Crippen LogP contribution >= 0.6 is 0 Å². The van der Waals surface area contributed by atoms with Gasteiger partial charge in [-0.05, 0) is 44.8 Å². The quantitative estimate of drug-likeness (QED) is 0.844. The highest BCUT2D eigenvalue weighted by atomic mass is 16.5. The molecule has 1 saturated heterocycles. The molecule has 0 aromatic heterocycles. The minimum Gasteiger partial charge on any atom is -0.371 e. The zero-order valence-electron chi connectivity index (χ0n) is 10.0. The molecular formula is C14H21NO. The monoisotopic (exact) mass is 219 g/mol. The average molecular weight is 219 g/mol. The third-order valence-electron chi connectivity index (χ3n) is 3.32. The van der Waals surface area contributed by atoms with Crippen molar-refractivity contribution >= 4 is 0 Å². The molecule has 0 aliphatic carbocycles. The summed E-state index contributed by atoms with van der Waals surface area (Å²) in [6.07, 6.45) is 3.48. The summed E-state index contributed by atoms with van der Waals surface area (Å²) in [5.74, 6) is 0. The molecule has 1 aliphatic heterocycles. The van der Waals surface area contributed by atoms with Crippen molar-refractivity contribution in [3.05, 3.63) is 35.9 Å². The molecule has 1 aromatic carbocycles. The van der Waals surface area contributed by atoms with Gasteiger partial charge in [0.25, 0.3) is 0 Å². The Labute approximate surface area is 98.0 Å². The standard InChI is InChI=1S/C14H21NO/c1-14(8-5-10-15-11-9-14)16-12-13-6-3-2-4-7-13/h2-4,6-7,15H,5,8-12H2,1H3. The number of ether oxygens (including phenoxy) is 1. The zero-order valence-corrected chi connectivity index (χ0v) is 10.0. The van der Waals surface area contributed by atoms with E-state index in [9.17, 15) is 0 Å². The Morgan fingerprint density at radius 1 is 1.19 bits per heavy atom. The van der Waals surface area contributed by atoms with Crippen molar-refractivity contribution in [2.75, 3.05) is 13.1 Å². The smallest absolute Gasteiger partial charge is 0.0724 e. The van der Waals surface area contributed by atoms with Gasteiger partial charge in [0, 0.05) is 0 Å². The Morgan fingerprint density at radius 3 is 2.81 bits per heavy atom. The molecule has 2 heteroatoms. The van der Waals surface area contributed by atoms with Gasteiger partial charge in [-0.25, -0.2) is 0 Å². The molecule has 2 nitrogen and oxygen atoms in total. The third kappa shape index (κ3) is 3.32. The maximum atomic E-state index is 6.10. The SMILES string of the molecule is CC1(OCc2ccccc2)CCCNCC1. The summed E-state index contributed by atoms with van der Waals surface area (Å²) in [5.41, 5.74) is 1.32. The number of nitrogens with one attached hydrogen (secondary N) is 1. The van der Waals surface area contributed by atoms with E-state index in [2.05, 4.69) is 36.5 Å². The van der Waals surface area contributed by atoms with Gasteiger partial charge in [-0.2, -0.15) is 0 Å². The van der Waals surface area contributed by atoms with Gasteiger partial charge in [-0.15, -0.1) is 0 Å². The zero-order chi connectivity index (χ0) is 11.3. The normalized spacial score (nSPS) is 26.3. The van der Waals surface area contributed by atoms with Crippen molar-refractivity contribution in [1.29, 1.82) is 0 Å². The summed E-state index contributed by atoms with van der Waals surface area (Å²) in [4.78, 5) is 0. The van der Waals surface area contributed by atoms with E-state index in [1.807, 2.05) is 6.07 Å². The minimum absolute atomic E-state index is 0.0549. The molecule has 2 rings (SSSR count).